The molecule has 0 radical (unpaired) electrons. The van der Waals surface area contributed by atoms with E-state index in [1.165, 1.54) is 0 Å². The molecule has 1 aromatic carbocycles. The van der Waals surface area contributed by atoms with Crippen LogP contribution < -0.4 is 4.74 Å². The van der Waals surface area contributed by atoms with Crippen LogP contribution in [0.15, 0.2) is 30.4 Å². The molecule has 0 bridgehead atoms. The number of aryl methyl sites for hydroxylation is 1. The van der Waals surface area contributed by atoms with Crippen molar-refractivity contribution in [2.45, 2.75) is 83.0 Å². The van der Waals surface area contributed by atoms with E-state index < -0.39 is 12.2 Å². The molecule has 4 rings (SSSR count). The number of carbonyl (C=O) groups excluding carboxylic acids is 1. The van der Waals surface area contributed by atoms with Crippen molar-refractivity contribution in [3.63, 3.8) is 0 Å². The molecule has 0 unspecified atom stereocenters. The summed E-state index contributed by atoms with van der Waals surface area (Å²) in [7, 11) is 0. The zero-order chi connectivity index (χ0) is 23.4. The third-order valence-electron chi connectivity index (χ3n) is 7.50. The minimum atomic E-state index is -0.585. The van der Waals surface area contributed by atoms with E-state index in [9.17, 15) is 15.0 Å². The zero-order valence-electron chi connectivity index (χ0n) is 19.9. The number of aliphatic hydroxyl groups is 2. The second-order valence-corrected chi connectivity index (χ2v) is 9.82. The van der Waals surface area contributed by atoms with Crippen LogP contribution in [0.25, 0.3) is 0 Å². The lowest BCUT2D eigenvalue weighted by Gasteiger charge is -2.19. The van der Waals surface area contributed by atoms with Gasteiger partial charge in [0.15, 0.2) is 0 Å². The van der Waals surface area contributed by atoms with Gasteiger partial charge >= 0.3 is 0 Å². The molecular weight excluding hydrogens is 414 g/mol. The van der Waals surface area contributed by atoms with Crippen molar-refractivity contribution in [2.75, 3.05) is 13.1 Å². The number of rotatable bonds is 8. The number of fused-ring (bicyclic) bond motifs is 3. The number of carbonyl (C=O) groups is 1. The maximum absolute atomic E-state index is 12.4. The van der Waals surface area contributed by atoms with Crippen molar-refractivity contribution in [3.05, 3.63) is 41.5 Å². The molecule has 2 heterocycles. The van der Waals surface area contributed by atoms with Crippen LogP contribution in [0.1, 0.15) is 69.4 Å². The number of ether oxygens (including phenoxy) is 1. The standard InChI is InChI=1S/C28H37NO4/c1-3-4-9-19(2)23(30)15-14-21-24(31)18-25-27(21)22-12-7-10-20(28(22)33-25)11-8-13-26(32)29-16-5-6-17-29/h7,10,12,14-15,19,21,23-25,27,30-31H,5-6,8-9,11,13,16-18H2,1-2H3/b15-14+/t19-,21+,23+,24-,25+,27+/m1/s1. The van der Waals surface area contributed by atoms with Crippen LogP contribution in [-0.4, -0.2) is 52.4 Å². The Morgan fingerprint density at radius 3 is 2.88 bits per heavy atom. The third kappa shape index (κ3) is 5.28. The van der Waals surface area contributed by atoms with Crippen molar-refractivity contribution < 1.29 is 19.7 Å². The Morgan fingerprint density at radius 2 is 2.12 bits per heavy atom. The van der Waals surface area contributed by atoms with Gasteiger partial charge in [-0.1, -0.05) is 37.3 Å². The topological polar surface area (TPSA) is 70.0 Å². The van der Waals surface area contributed by atoms with E-state index in [-0.39, 0.29) is 29.8 Å². The molecule has 5 heteroatoms. The normalized spacial score (nSPS) is 27.6. The number of hydrogen-bond donors (Lipinski definition) is 2. The summed E-state index contributed by atoms with van der Waals surface area (Å²) in [4.78, 5) is 14.4. The highest BCUT2D eigenvalue weighted by Crippen LogP contribution is 2.52. The summed E-state index contributed by atoms with van der Waals surface area (Å²) >= 11 is 0. The first kappa shape index (κ1) is 23.9. The van der Waals surface area contributed by atoms with Gasteiger partial charge in [-0.2, -0.15) is 0 Å². The molecule has 2 fully saturated rings. The minimum Gasteiger partial charge on any atom is -0.489 e. The molecule has 1 amide bonds. The molecule has 1 saturated carbocycles. The summed E-state index contributed by atoms with van der Waals surface area (Å²) in [5.74, 6) is 7.17. The summed E-state index contributed by atoms with van der Waals surface area (Å²) in [5, 5.41) is 21.2. The molecule has 0 spiro atoms. The van der Waals surface area contributed by atoms with Gasteiger partial charge in [-0.05, 0) is 44.1 Å². The van der Waals surface area contributed by atoms with E-state index in [2.05, 4.69) is 30.0 Å². The van der Waals surface area contributed by atoms with Gasteiger partial charge in [0.25, 0.3) is 0 Å². The fourth-order valence-electron chi connectivity index (χ4n) is 5.54. The summed E-state index contributed by atoms with van der Waals surface area (Å²) in [5.41, 5.74) is 2.30. The van der Waals surface area contributed by atoms with Gasteiger partial charge < -0.3 is 19.8 Å². The number of para-hydroxylation sites is 1. The monoisotopic (exact) mass is 451 g/mol. The molecule has 178 valence electrons. The van der Waals surface area contributed by atoms with E-state index in [0.29, 0.717) is 19.3 Å². The van der Waals surface area contributed by atoms with Gasteiger partial charge in [0.1, 0.15) is 11.9 Å². The SMILES string of the molecule is CC#CC[C@@H](C)[C@@H](O)/C=C/[C@@H]1[C@H]2c3cccc(CCCC(=O)N4CCCC4)c3O[C@H]2C[C@H]1O. The first-order valence-electron chi connectivity index (χ1n) is 12.5. The molecular formula is C28H37NO4. The van der Waals surface area contributed by atoms with Crippen molar-refractivity contribution in [3.8, 4) is 17.6 Å². The van der Waals surface area contributed by atoms with Gasteiger partial charge in [0, 0.05) is 49.8 Å². The lowest BCUT2D eigenvalue weighted by Crippen LogP contribution is -2.27. The highest BCUT2D eigenvalue weighted by molar-refractivity contribution is 5.76. The van der Waals surface area contributed by atoms with Gasteiger partial charge in [0.2, 0.25) is 5.91 Å². The predicted molar refractivity (Wildman–Crippen MR) is 129 cm³/mol. The van der Waals surface area contributed by atoms with Gasteiger partial charge in [-0.3, -0.25) is 4.79 Å². The second-order valence-electron chi connectivity index (χ2n) is 9.82. The lowest BCUT2D eigenvalue weighted by molar-refractivity contribution is -0.130. The largest absolute Gasteiger partial charge is 0.489 e. The number of amides is 1. The Labute approximate surface area is 197 Å². The molecule has 2 aliphatic heterocycles. The third-order valence-corrected chi connectivity index (χ3v) is 7.50. The molecule has 2 N–H and O–H groups in total. The van der Waals surface area contributed by atoms with Crippen LogP contribution in [0.4, 0.5) is 0 Å². The number of likely N-dealkylation sites (tertiary alicyclic amines) is 1. The van der Waals surface area contributed by atoms with Crippen molar-refractivity contribution in [1.29, 1.82) is 0 Å². The Balaban J connectivity index is 1.41. The summed E-state index contributed by atoms with van der Waals surface area (Å²) in [6, 6.07) is 6.27. The van der Waals surface area contributed by atoms with E-state index in [4.69, 9.17) is 4.74 Å². The Bertz CT molecular complexity index is 924. The van der Waals surface area contributed by atoms with E-state index in [1.54, 1.807) is 6.92 Å². The van der Waals surface area contributed by atoms with E-state index >= 15 is 0 Å². The van der Waals surface area contributed by atoms with Crippen molar-refractivity contribution in [2.24, 2.45) is 11.8 Å². The predicted octanol–water partition coefficient (Wildman–Crippen LogP) is 3.82. The average molecular weight is 452 g/mol. The Kier molecular flexibility index (Phi) is 7.78. The maximum Gasteiger partial charge on any atom is 0.222 e. The Morgan fingerprint density at radius 1 is 1.33 bits per heavy atom. The van der Waals surface area contributed by atoms with Crippen LogP contribution >= 0.6 is 0 Å². The summed E-state index contributed by atoms with van der Waals surface area (Å²) in [6.45, 7) is 5.61. The second kappa shape index (κ2) is 10.8. The van der Waals surface area contributed by atoms with Gasteiger partial charge in [0.05, 0.1) is 12.2 Å². The molecule has 3 aliphatic rings. The van der Waals surface area contributed by atoms with Crippen LogP contribution in [0, 0.1) is 23.7 Å². The fraction of sp³-hybridized carbons (Fsp3) is 0.607. The average Bonchev–Trinajstić information content (AvgIpc) is 3.52. The fourth-order valence-corrected chi connectivity index (χ4v) is 5.54. The number of nitrogens with zero attached hydrogens (tertiary/aromatic N) is 1. The summed E-state index contributed by atoms with van der Waals surface area (Å²) in [6.07, 6.45) is 8.41. The first-order chi connectivity index (χ1) is 16.0. The maximum atomic E-state index is 12.4. The highest BCUT2D eigenvalue weighted by Gasteiger charge is 2.48. The number of aliphatic hydroxyl groups excluding tert-OH is 2. The lowest BCUT2D eigenvalue weighted by atomic mass is 9.86. The van der Waals surface area contributed by atoms with Crippen LogP contribution in [-0.2, 0) is 11.2 Å². The summed E-state index contributed by atoms with van der Waals surface area (Å²) < 4.78 is 6.36. The number of benzene rings is 1. The highest BCUT2D eigenvalue weighted by atomic mass is 16.5. The smallest absolute Gasteiger partial charge is 0.222 e. The molecule has 5 nitrogen and oxygen atoms in total. The minimum absolute atomic E-state index is 0.0439. The molecule has 1 aromatic rings. The van der Waals surface area contributed by atoms with Gasteiger partial charge in [-0.15, -0.1) is 11.8 Å². The molecule has 33 heavy (non-hydrogen) atoms. The van der Waals surface area contributed by atoms with E-state index in [0.717, 1.165) is 55.6 Å². The molecule has 6 atom stereocenters. The number of hydrogen-bond acceptors (Lipinski definition) is 4. The van der Waals surface area contributed by atoms with Crippen LogP contribution in [0.2, 0.25) is 0 Å². The van der Waals surface area contributed by atoms with Gasteiger partial charge in [-0.25, -0.2) is 0 Å². The van der Waals surface area contributed by atoms with E-state index in [1.807, 2.05) is 24.0 Å². The molecule has 0 aromatic heterocycles. The quantitative estimate of drug-likeness (QED) is 0.466. The zero-order valence-corrected chi connectivity index (χ0v) is 19.9. The Hall–Kier alpha value is -2.29. The van der Waals surface area contributed by atoms with Crippen LogP contribution in [0.3, 0.4) is 0 Å². The molecule has 1 saturated heterocycles. The van der Waals surface area contributed by atoms with Crippen LogP contribution in [0.5, 0.6) is 5.75 Å². The van der Waals surface area contributed by atoms with Crippen molar-refractivity contribution in [1.82, 2.24) is 4.90 Å². The molecule has 1 aliphatic carbocycles. The van der Waals surface area contributed by atoms with Crippen molar-refractivity contribution >= 4 is 5.91 Å². The first-order valence-corrected chi connectivity index (χ1v) is 12.5.